The van der Waals surface area contributed by atoms with Gasteiger partial charge in [0.15, 0.2) is 11.6 Å². The van der Waals surface area contributed by atoms with Crippen molar-refractivity contribution in [2.24, 2.45) is 0 Å². The lowest BCUT2D eigenvalue weighted by molar-refractivity contribution is -0.120. The summed E-state index contributed by atoms with van der Waals surface area (Å²) in [6.07, 6.45) is 5.77. The van der Waals surface area contributed by atoms with Gasteiger partial charge in [0.25, 0.3) is 0 Å². The maximum Gasteiger partial charge on any atom is 0.237 e. The van der Waals surface area contributed by atoms with Crippen LogP contribution in [0.2, 0.25) is 0 Å². The predicted octanol–water partition coefficient (Wildman–Crippen LogP) is 2.08. The lowest BCUT2D eigenvalue weighted by atomic mass is 9.88. The molecule has 10 nitrogen and oxygen atoms in total. The van der Waals surface area contributed by atoms with Crippen LogP contribution in [0.3, 0.4) is 0 Å². The van der Waals surface area contributed by atoms with Crippen LogP contribution in [0.4, 0.5) is 16.2 Å². The lowest BCUT2D eigenvalue weighted by Crippen LogP contribution is -2.36. The zero-order valence-electron chi connectivity index (χ0n) is 17.9. The Morgan fingerprint density at radius 1 is 1.25 bits per heavy atom. The van der Waals surface area contributed by atoms with Crippen LogP contribution >= 0.6 is 0 Å². The van der Waals surface area contributed by atoms with E-state index in [4.69, 9.17) is 4.74 Å². The number of hydrogen-bond acceptors (Lipinski definition) is 8. The summed E-state index contributed by atoms with van der Waals surface area (Å²) in [5.41, 5.74) is -0.0111. The van der Waals surface area contributed by atoms with E-state index < -0.39 is 17.1 Å². The van der Waals surface area contributed by atoms with Crippen LogP contribution in [0, 0.1) is 5.82 Å². The molecule has 1 N–H and O–H groups in total. The number of amides is 1. The average Bonchev–Trinajstić information content (AvgIpc) is 2.80. The van der Waals surface area contributed by atoms with E-state index in [9.17, 15) is 13.4 Å². The first-order valence-electron chi connectivity index (χ1n) is 9.59. The van der Waals surface area contributed by atoms with Crippen LogP contribution in [0.15, 0.2) is 36.9 Å². The first-order valence-corrected chi connectivity index (χ1v) is 10.4. The number of nitrogens with one attached hydrogen (secondary N) is 1. The van der Waals surface area contributed by atoms with Gasteiger partial charge in [0.2, 0.25) is 17.7 Å². The molecular formula is C20H22FN7O3S. The van der Waals surface area contributed by atoms with Crippen molar-refractivity contribution in [2.45, 2.75) is 26.2 Å². The standard InChI is InChI=1S/C20H22FN7O3S/c1-5-31-16-11-22-10-14(25-16)12-8-13(21)17(24-9-12)27-18(29)20(2,3)15-6-7-23-19(26-15)28(4)32-30/h6-11,32H,5H2,1-4H3,(H,24,27,29). The smallest absolute Gasteiger partial charge is 0.237 e. The molecule has 1 amide bonds. The van der Waals surface area contributed by atoms with Gasteiger partial charge in [-0.3, -0.25) is 14.1 Å². The van der Waals surface area contributed by atoms with E-state index in [-0.39, 0.29) is 23.6 Å². The molecule has 0 spiro atoms. The van der Waals surface area contributed by atoms with Crippen molar-refractivity contribution in [3.63, 3.8) is 0 Å². The third-order valence-corrected chi connectivity index (χ3v) is 4.96. The zero-order valence-corrected chi connectivity index (χ0v) is 18.8. The number of rotatable bonds is 8. The molecule has 3 aromatic rings. The fourth-order valence-electron chi connectivity index (χ4n) is 2.64. The molecule has 0 bridgehead atoms. The van der Waals surface area contributed by atoms with E-state index >= 15 is 0 Å². The summed E-state index contributed by atoms with van der Waals surface area (Å²) in [5.74, 6) is -0.990. The van der Waals surface area contributed by atoms with Gasteiger partial charge in [-0.2, -0.15) is 0 Å². The number of hydrogen-bond donors (Lipinski definition) is 2. The molecule has 0 atom stereocenters. The number of nitrogens with zero attached hydrogens (tertiary/aromatic N) is 6. The summed E-state index contributed by atoms with van der Waals surface area (Å²) in [6, 6.07) is 2.77. The Labute approximate surface area is 187 Å². The van der Waals surface area contributed by atoms with Gasteiger partial charge in [-0.25, -0.2) is 28.5 Å². The Balaban J connectivity index is 1.82. The number of carbonyl (C=O) groups is 1. The Morgan fingerprint density at radius 2 is 2.03 bits per heavy atom. The van der Waals surface area contributed by atoms with Gasteiger partial charge in [-0.15, -0.1) is 0 Å². The molecule has 3 rings (SSSR count). The minimum atomic E-state index is -1.15. The Bertz CT molecular complexity index is 1150. The molecule has 0 radical (unpaired) electrons. The van der Waals surface area contributed by atoms with E-state index in [2.05, 4.69) is 30.2 Å². The van der Waals surface area contributed by atoms with E-state index in [0.29, 0.717) is 29.4 Å². The molecule has 168 valence electrons. The fourth-order valence-corrected chi connectivity index (χ4v) is 2.81. The van der Waals surface area contributed by atoms with Crippen LogP contribution in [-0.4, -0.2) is 48.7 Å². The highest BCUT2D eigenvalue weighted by Gasteiger charge is 2.33. The molecule has 3 heterocycles. The number of pyridine rings is 1. The Morgan fingerprint density at radius 3 is 2.72 bits per heavy atom. The van der Waals surface area contributed by atoms with Crippen molar-refractivity contribution in [3.8, 4) is 17.1 Å². The molecule has 32 heavy (non-hydrogen) atoms. The molecule has 0 aliphatic carbocycles. The lowest BCUT2D eigenvalue weighted by Gasteiger charge is -2.23. The first-order chi connectivity index (χ1) is 15.3. The van der Waals surface area contributed by atoms with Crippen molar-refractivity contribution in [1.82, 2.24) is 24.9 Å². The molecule has 0 aliphatic heterocycles. The summed E-state index contributed by atoms with van der Waals surface area (Å²) in [7, 11) is 1.54. The molecule has 0 saturated heterocycles. The molecular weight excluding hydrogens is 437 g/mol. The second-order valence-electron chi connectivity index (χ2n) is 7.16. The molecule has 0 saturated carbocycles. The minimum absolute atomic E-state index is 0.184. The molecule has 3 aromatic heterocycles. The molecule has 0 unspecified atom stereocenters. The summed E-state index contributed by atoms with van der Waals surface area (Å²) in [5, 5.41) is 2.50. The highest BCUT2D eigenvalue weighted by molar-refractivity contribution is 7.67. The highest BCUT2D eigenvalue weighted by Crippen LogP contribution is 2.26. The highest BCUT2D eigenvalue weighted by atomic mass is 32.2. The van der Waals surface area contributed by atoms with Crippen molar-refractivity contribution in [3.05, 3.63) is 48.4 Å². The summed E-state index contributed by atoms with van der Waals surface area (Å²) in [6.45, 7) is 5.50. The third-order valence-electron chi connectivity index (χ3n) is 4.54. The SMILES string of the molecule is CCOc1cncc(-c2cnc(NC(=O)C(C)(C)c3ccnc(N(C)[SH]=O)n3)c(F)c2)n1. The maximum atomic E-state index is 14.7. The van der Waals surface area contributed by atoms with Gasteiger partial charge < -0.3 is 10.1 Å². The molecule has 0 fully saturated rings. The van der Waals surface area contributed by atoms with E-state index in [0.717, 1.165) is 0 Å². The number of ether oxygens (including phenoxy) is 1. The van der Waals surface area contributed by atoms with E-state index in [1.807, 2.05) is 6.92 Å². The van der Waals surface area contributed by atoms with Gasteiger partial charge in [0.1, 0.15) is 11.9 Å². The van der Waals surface area contributed by atoms with Crippen LogP contribution in [0.1, 0.15) is 26.5 Å². The Hall–Kier alpha value is -3.54. The minimum Gasteiger partial charge on any atom is -0.477 e. The van der Waals surface area contributed by atoms with Crippen LogP contribution in [0.25, 0.3) is 11.3 Å². The van der Waals surface area contributed by atoms with E-state index in [1.54, 1.807) is 19.9 Å². The van der Waals surface area contributed by atoms with Crippen molar-refractivity contribution >= 4 is 29.5 Å². The zero-order chi connectivity index (χ0) is 23.3. The number of carbonyl (C=O) groups excluding carboxylic acids is 1. The summed E-state index contributed by atoms with van der Waals surface area (Å²) < 4.78 is 32.4. The predicted molar refractivity (Wildman–Crippen MR) is 118 cm³/mol. The maximum absolute atomic E-state index is 14.7. The van der Waals surface area contributed by atoms with Gasteiger partial charge >= 0.3 is 0 Å². The van der Waals surface area contributed by atoms with Crippen molar-refractivity contribution in [2.75, 3.05) is 23.3 Å². The first kappa shape index (κ1) is 23.1. The number of thiol groups is 1. The quantitative estimate of drug-likeness (QED) is 0.491. The summed E-state index contributed by atoms with van der Waals surface area (Å²) >= 11 is -0.290. The van der Waals surface area contributed by atoms with Gasteiger partial charge in [-0.1, -0.05) is 0 Å². The number of halogens is 1. The van der Waals surface area contributed by atoms with Gasteiger partial charge in [0, 0.05) is 25.0 Å². The summed E-state index contributed by atoms with van der Waals surface area (Å²) in [4.78, 5) is 33.5. The number of aromatic nitrogens is 5. The van der Waals surface area contributed by atoms with Gasteiger partial charge in [-0.05, 0) is 32.9 Å². The van der Waals surface area contributed by atoms with Crippen molar-refractivity contribution < 1.29 is 18.1 Å². The second kappa shape index (κ2) is 9.73. The monoisotopic (exact) mass is 459 g/mol. The van der Waals surface area contributed by atoms with Crippen LogP contribution in [0.5, 0.6) is 5.88 Å². The fraction of sp³-hybridized carbons (Fsp3) is 0.300. The van der Waals surface area contributed by atoms with Crippen molar-refractivity contribution in [1.29, 1.82) is 0 Å². The van der Waals surface area contributed by atoms with Crippen LogP contribution < -0.4 is 14.4 Å². The normalized spacial score (nSPS) is 11.2. The molecule has 0 aliphatic rings. The Kier molecular flexibility index (Phi) is 7.03. The second-order valence-corrected chi connectivity index (χ2v) is 7.92. The number of anilines is 2. The molecule has 0 aromatic carbocycles. The van der Waals surface area contributed by atoms with Gasteiger partial charge in [0.05, 0.1) is 35.8 Å². The third kappa shape index (κ3) is 5.02. The van der Waals surface area contributed by atoms with E-state index in [1.165, 1.54) is 42.2 Å². The topological polar surface area (TPSA) is 123 Å². The van der Waals surface area contributed by atoms with Crippen LogP contribution in [-0.2, 0) is 22.1 Å². The largest absolute Gasteiger partial charge is 0.477 e. The average molecular weight is 460 g/mol. The molecule has 12 heteroatoms.